The van der Waals surface area contributed by atoms with E-state index in [1.165, 1.54) is 12.7 Å². The Bertz CT molecular complexity index is 69.4. The fourth-order valence-corrected chi connectivity index (χ4v) is 0.176. The molecule has 0 radical (unpaired) electrons. The first-order valence-corrected chi connectivity index (χ1v) is 1.32. The van der Waals surface area contributed by atoms with Crippen LogP contribution in [-0.2, 0) is 0 Å². The molecule has 0 atom stereocenters. The van der Waals surface area contributed by atoms with Crippen LogP contribution in [0.2, 0.25) is 0 Å². The fourth-order valence-electron chi connectivity index (χ4n) is 0.176. The van der Waals surface area contributed by atoms with E-state index in [0.29, 0.717) is 0 Å². The van der Waals surface area contributed by atoms with E-state index in [4.69, 9.17) is 0 Å². The molecule has 0 bridgehead atoms. The number of oxazole rings is 1. The first kappa shape index (κ1) is 9.68. The van der Waals surface area contributed by atoms with Crippen LogP contribution in [-0.4, -0.2) is 10.5 Å². The zero-order chi connectivity index (χ0) is 3.54. The van der Waals surface area contributed by atoms with E-state index in [1.807, 2.05) is 0 Å². The molecule has 0 saturated heterocycles. The van der Waals surface area contributed by atoms with Gasteiger partial charge in [-0.3, -0.25) is 0 Å². The third-order valence-corrected chi connectivity index (χ3v) is 0.347. The zero-order valence-electron chi connectivity index (χ0n) is 3.50. The maximum atomic E-state index is 4.47. The van der Waals surface area contributed by atoms with E-state index in [0.717, 1.165) is 0 Å². The molecule has 0 unspecified atom stereocenters. The SMILES string of the molecule is Cl.O.c1cocn1. The van der Waals surface area contributed by atoms with Gasteiger partial charge in [-0.25, -0.2) is 4.98 Å². The molecule has 7 heavy (non-hydrogen) atoms. The summed E-state index contributed by atoms with van der Waals surface area (Å²) in [5.74, 6) is 0. The molecule has 1 aromatic rings. The van der Waals surface area contributed by atoms with Crippen molar-refractivity contribution in [3.8, 4) is 0 Å². The molecular formula is C3H6ClNO2. The Balaban J connectivity index is 0. The van der Waals surface area contributed by atoms with Gasteiger partial charge < -0.3 is 9.89 Å². The molecule has 4 heteroatoms. The van der Waals surface area contributed by atoms with Crippen molar-refractivity contribution in [3.63, 3.8) is 0 Å². The van der Waals surface area contributed by atoms with Crippen LogP contribution >= 0.6 is 12.4 Å². The van der Waals surface area contributed by atoms with E-state index < -0.39 is 0 Å². The largest absolute Gasteiger partial charge is 0.452 e. The third-order valence-electron chi connectivity index (χ3n) is 0.347. The highest BCUT2D eigenvalue weighted by atomic mass is 35.5. The maximum Gasteiger partial charge on any atom is 0.180 e. The van der Waals surface area contributed by atoms with Gasteiger partial charge in [0.15, 0.2) is 6.39 Å². The molecule has 0 aliphatic rings. The van der Waals surface area contributed by atoms with Crippen LogP contribution in [0.25, 0.3) is 0 Å². The van der Waals surface area contributed by atoms with Crippen LogP contribution in [0, 0.1) is 0 Å². The van der Waals surface area contributed by atoms with Gasteiger partial charge in [-0.05, 0) is 0 Å². The predicted octanol–water partition coefficient (Wildman–Crippen LogP) is 0.272. The van der Waals surface area contributed by atoms with Crippen LogP contribution in [0.4, 0.5) is 0 Å². The van der Waals surface area contributed by atoms with Crippen molar-refractivity contribution in [2.45, 2.75) is 0 Å². The summed E-state index contributed by atoms with van der Waals surface area (Å²) in [6.45, 7) is 0. The molecule has 0 saturated carbocycles. The number of halogens is 1. The van der Waals surface area contributed by atoms with Crippen molar-refractivity contribution in [2.24, 2.45) is 0 Å². The lowest BCUT2D eigenvalue weighted by Crippen LogP contribution is -1.38. The maximum absolute atomic E-state index is 4.47. The number of hydrogen-bond acceptors (Lipinski definition) is 2. The van der Waals surface area contributed by atoms with Crippen LogP contribution < -0.4 is 0 Å². The predicted molar refractivity (Wildman–Crippen MR) is 27.4 cm³/mol. The van der Waals surface area contributed by atoms with Gasteiger partial charge >= 0.3 is 0 Å². The molecule has 1 aromatic heterocycles. The highest BCUT2D eigenvalue weighted by molar-refractivity contribution is 5.85. The minimum Gasteiger partial charge on any atom is -0.452 e. The average molecular weight is 124 g/mol. The number of hydrogen-bond donors (Lipinski definition) is 0. The molecule has 0 amide bonds. The number of aromatic nitrogens is 1. The van der Waals surface area contributed by atoms with Gasteiger partial charge in [0, 0.05) is 0 Å². The van der Waals surface area contributed by atoms with Crippen LogP contribution in [0.1, 0.15) is 0 Å². The van der Waals surface area contributed by atoms with Gasteiger partial charge in [-0.2, -0.15) is 0 Å². The second-order valence-electron chi connectivity index (χ2n) is 0.676. The van der Waals surface area contributed by atoms with Crippen molar-refractivity contribution in [1.82, 2.24) is 4.98 Å². The first-order valence-electron chi connectivity index (χ1n) is 1.32. The Morgan fingerprint density at radius 3 is 2.29 bits per heavy atom. The van der Waals surface area contributed by atoms with Gasteiger partial charge in [0.25, 0.3) is 0 Å². The zero-order valence-corrected chi connectivity index (χ0v) is 4.31. The van der Waals surface area contributed by atoms with Crippen molar-refractivity contribution < 1.29 is 9.89 Å². The van der Waals surface area contributed by atoms with Gasteiger partial charge in [0.2, 0.25) is 0 Å². The van der Waals surface area contributed by atoms with E-state index in [1.54, 1.807) is 6.20 Å². The van der Waals surface area contributed by atoms with E-state index in [2.05, 4.69) is 9.40 Å². The minimum absolute atomic E-state index is 0. The smallest absolute Gasteiger partial charge is 0.180 e. The average Bonchev–Trinajstić information content (AvgIpc) is 1.76. The van der Waals surface area contributed by atoms with Crippen LogP contribution in [0.15, 0.2) is 23.3 Å². The van der Waals surface area contributed by atoms with E-state index in [9.17, 15) is 0 Å². The Morgan fingerprint density at radius 2 is 2.14 bits per heavy atom. The molecule has 0 aliphatic heterocycles. The van der Waals surface area contributed by atoms with E-state index in [-0.39, 0.29) is 17.9 Å². The standard InChI is InChI=1S/C3H3NO.ClH.H2O/c1-2-5-3-4-1;;/h1-3H;1H;1H2. The molecule has 2 N–H and O–H groups in total. The Labute approximate surface area is 47.1 Å². The molecular weight excluding hydrogens is 117 g/mol. The van der Waals surface area contributed by atoms with Crippen molar-refractivity contribution in [3.05, 3.63) is 18.9 Å². The monoisotopic (exact) mass is 123 g/mol. The summed E-state index contributed by atoms with van der Waals surface area (Å²) in [5, 5.41) is 0. The molecule has 0 spiro atoms. The molecule has 1 rings (SSSR count). The quantitative estimate of drug-likeness (QED) is 0.497. The number of rotatable bonds is 0. The Morgan fingerprint density at radius 1 is 1.43 bits per heavy atom. The molecule has 0 aliphatic carbocycles. The lowest BCUT2D eigenvalue weighted by molar-refractivity contribution is 0.558. The molecule has 42 valence electrons. The van der Waals surface area contributed by atoms with Crippen molar-refractivity contribution in [2.75, 3.05) is 0 Å². The highest BCUT2D eigenvalue weighted by Gasteiger charge is 1.59. The first-order chi connectivity index (χ1) is 2.50. The summed E-state index contributed by atoms with van der Waals surface area (Å²) in [7, 11) is 0. The third kappa shape index (κ3) is 3.29. The van der Waals surface area contributed by atoms with Crippen LogP contribution in [0.5, 0.6) is 0 Å². The summed E-state index contributed by atoms with van der Waals surface area (Å²) < 4.78 is 4.47. The number of nitrogens with zero attached hydrogens (tertiary/aromatic N) is 1. The molecule has 0 fully saturated rings. The second kappa shape index (κ2) is 5.46. The van der Waals surface area contributed by atoms with Crippen molar-refractivity contribution in [1.29, 1.82) is 0 Å². The van der Waals surface area contributed by atoms with Gasteiger partial charge in [-0.15, -0.1) is 12.4 Å². The van der Waals surface area contributed by atoms with Gasteiger partial charge in [0.05, 0.1) is 6.20 Å². The lowest BCUT2D eigenvalue weighted by Gasteiger charge is -1.47. The molecule has 0 aromatic carbocycles. The Kier molecular flexibility index (Phi) is 7.55. The van der Waals surface area contributed by atoms with Gasteiger partial charge in [0.1, 0.15) is 6.26 Å². The Hall–Kier alpha value is -0.540. The highest BCUT2D eigenvalue weighted by Crippen LogP contribution is 1.72. The summed E-state index contributed by atoms with van der Waals surface area (Å²) in [6.07, 6.45) is 4.47. The molecule has 1 heterocycles. The van der Waals surface area contributed by atoms with Crippen molar-refractivity contribution >= 4 is 12.4 Å². The van der Waals surface area contributed by atoms with E-state index >= 15 is 0 Å². The normalized spacial score (nSPS) is 5.71. The summed E-state index contributed by atoms with van der Waals surface area (Å²) in [4.78, 5) is 3.56. The summed E-state index contributed by atoms with van der Waals surface area (Å²) >= 11 is 0. The van der Waals surface area contributed by atoms with Gasteiger partial charge in [-0.1, -0.05) is 0 Å². The fraction of sp³-hybridized carbons (Fsp3) is 0. The molecule has 3 nitrogen and oxygen atoms in total. The second-order valence-corrected chi connectivity index (χ2v) is 0.676. The minimum atomic E-state index is 0. The summed E-state index contributed by atoms with van der Waals surface area (Å²) in [5.41, 5.74) is 0. The lowest BCUT2D eigenvalue weighted by atomic mass is 11.0. The topological polar surface area (TPSA) is 57.5 Å². The summed E-state index contributed by atoms with van der Waals surface area (Å²) in [6, 6.07) is 0. The van der Waals surface area contributed by atoms with Crippen LogP contribution in [0.3, 0.4) is 0 Å².